The summed E-state index contributed by atoms with van der Waals surface area (Å²) in [5.74, 6) is 1.19. The fraction of sp³-hybridized carbons (Fsp3) is 0.435. The lowest BCUT2D eigenvalue weighted by Gasteiger charge is -2.24. The molecule has 0 heterocycles. The van der Waals surface area contributed by atoms with Gasteiger partial charge in [0, 0.05) is 0 Å². The maximum atomic E-state index is 12.9. The van der Waals surface area contributed by atoms with Crippen molar-refractivity contribution in [1.29, 1.82) is 0 Å². The number of carbonyl (C=O) groups is 1. The summed E-state index contributed by atoms with van der Waals surface area (Å²) in [5.41, 5.74) is 3.41. The number of hydrogen-bond acceptors (Lipinski definition) is 2. The van der Waals surface area contributed by atoms with Gasteiger partial charge in [-0.05, 0) is 61.4 Å². The number of nitrogens with one attached hydrogen (secondary N) is 1. The minimum Gasteiger partial charge on any atom is -0.481 e. The van der Waals surface area contributed by atoms with Gasteiger partial charge < -0.3 is 10.1 Å². The minimum absolute atomic E-state index is 0.000551. The van der Waals surface area contributed by atoms with Crippen LogP contribution in [0.15, 0.2) is 48.5 Å². The Bertz CT molecular complexity index is 689. The van der Waals surface area contributed by atoms with E-state index in [4.69, 9.17) is 4.74 Å². The van der Waals surface area contributed by atoms with Crippen LogP contribution in [0.2, 0.25) is 0 Å². The predicted molar refractivity (Wildman–Crippen MR) is 107 cm³/mol. The van der Waals surface area contributed by atoms with E-state index in [1.807, 2.05) is 51.1 Å². The van der Waals surface area contributed by atoms with Crippen LogP contribution in [0.5, 0.6) is 5.75 Å². The number of rotatable bonds is 8. The monoisotopic (exact) mass is 353 g/mol. The molecule has 0 radical (unpaired) electrons. The van der Waals surface area contributed by atoms with Gasteiger partial charge in [-0.25, -0.2) is 0 Å². The first kappa shape index (κ1) is 20.0. The molecule has 1 amide bonds. The molecule has 0 spiro atoms. The molecule has 2 rings (SSSR count). The first-order chi connectivity index (χ1) is 12.4. The number of aryl methyl sites for hydroxylation is 2. The Kier molecular flexibility index (Phi) is 7.26. The van der Waals surface area contributed by atoms with Crippen molar-refractivity contribution in [2.45, 2.75) is 59.6 Å². The average Bonchev–Trinajstić information content (AvgIpc) is 2.58. The normalized spacial score (nSPS) is 13.3. The SMILES string of the molecule is CCC(Oc1cc(C)cc(C)c1)C(=O)NC(CC(C)C)c1ccccc1. The molecule has 2 atom stereocenters. The molecule has 0 aliphatic rings. The van der Waals surface area contributed by atoms with E-state index < -0.39 is 6.10 Å². The van der Waals surface area contributed by atoms with Crippen LogP contribution in [-0.4, -0.2) is 12.0 Å². The summed E-state index contributed by atoms with van der Waals surface area (Å²) in [5, 5.41) is 3.20. The van der Waals surface area contributed by atoms with Gasteiger partial charge in [-0.1, -0.05) is 57.2 Å². The Labute approximate surface area is 157 Å². The second-order valence-electron chi connectivity index (χ2n) is 7.44. The second-order valence-corrected chi connectivity index (χ2v) is 7.44. The van der Waals surface area contributed by atoms with Gasteiger partial charge in [0.25, 0.3) is 5.91 Å². The quantitative estimate of drug-likeness (QED) is 0.693. The van der Waals surface area contributed by atoms with Crippen molar-refractivity contribution in [3.05, 3.63) is 65.2 Å². The molecule has 0 fully saturated rings. The molecule has 0 aliphatic heterocycles. The van der Waals surface area contributed by atoms with Gasteiger partial charge >= 0.3 is 0 Å². The molecular weight excluding hydrogens is 322 g/mol. The summed E-state index contributed by atoms with van der Waals surface area (Å²) < 4.78 is 6.02. The van der Waals surface area contributed by atoms with Crippen LogP contribution in [0.3, 0.4) is 0 Å². The lowest BCUT2D eigenvalue weighted by Crippen LogP contribution is -2.40. The number of carbonyl (C=O) groups excluding carboxylic acids is 1. The molecule has 0 aromatic heterocycles. The summed E-state index contributed by atoms with van der Waals surface area (Å²) in [4.78, 5) is 12.9. The molecule has 0 saturated heterocycles. The molecule has 0 aliphatic carbocycles. The van der Waals surface area contributed by atoms with Crippen molar-refractivity contribution >= 4 is 5.91 Å². The van der Waals surface area contributed by atoms with E-state index in [1.165, 1.54) is 0 Å². The molecular formula is C23H31NO2. The van der Waals surface area contributed by atoms with E-state index in [1.54, 1.807) is 0 Å². The van der Waals surface area contributed by atoms with Crippen LogP contribution in [0.1, 0.15) is 56.3 Å². The zero-order valence-corrected chi connectivity index (χ0v) is 16.6. The fourth-order valence-corrected chi connectivity index (χ4v) is 3.19. The molecule has 0 saturated carbocycles. The van der Waals surface area contributed by atoms with E-state index >= 15 is 0 Å². The van der Waals surface area contributed by atoms with E-state index in [2.05, 4.69) is 37.4 Å². The van der Waals surface area contributed by atoms with Crippen LogP contribution in [0, 0.1) is 19.8 Å². The Hall–Kier alpha value is -2.29. The molecule has 140 valence electrons. The standard InChI is InChI=1S/C23H31NO2/c1-6-22(26-20-14-17(4)13-18(5)15-20)23(25)24-21(12-16(2)3)19-10-8-7-9-11-19/h7-11,13-16,21-22H,6,12H2,1-5H3,(H,24,25). The van der Waals surface area contributed by atoms with Crippen molar-refractivity contribution in [3.63, 3.8) is 0 Å². The molecule has 0 bridgehead atoms. The Morgan fingerprint density at radius 3 is 2.19 bits per heavy atom. The molecule has 2 unspecified atom stereocenters. The van der Waals surface area contributed by atoms with Gasteiger partial charge in [-0.2, -0.15) is 0 Å². The van der Waals surface area contributed by atoms with Gasteiger partial charge in [0.1, 0.15) is 5.75 Å². The Morgan fingerprint density at radius 1 is 1.04 bits per heavy atom. The maximum Gasteiger partial charge on any atom is 0.261 e. The van der Waals surface area contributed by atoms with Crippen LogP contribution in [0.4, 0.5) is 0 Å². The number of hydrogen-bond donors (Lipinski definition) is 1. The third kappa shape index (κ3) is 5.91. The molecule has 3 nitrogen and oxygen atoms in total. The number of benzene rings is 2. The van der Waals surface area contributed by atoms with Crippen LogP contribution < -0.4 is 10.1 Å². The van der Waals surface area contributed by atoms with E-state index in [0.29, 0.717) is 12.3 Å². The van der Waals surface area contributed by atoms with Crippen LogP contribution >= 0.6 is 0 Å². The fourth-order valence-electron chi connectivity index (χ4n) is 3.19. The summed E-state index contributed by atoms with van der Waals surface area (Å²) >= 11 is 0. The minimum atomic E-state index is -0.491. The first-order valence-corrected chi connectivity index (χ1v) is 9.49. The van der Waals surface area contributed by atoms with Crippen molar-refractivity contribution in [2.75, 3.05) is 0 Å². The summed E-state index contributed by atoms with van der Waals surface area (Å²) in [6.07, 6.45) is 1.03. The molecule has 26 heavy (non-hydrogen) atoms. The van der Waals surface area contributed by atoms with Gasteiger partial charge in [0.05, 0.1) is 6.04 Å². The number of ether oxygens (including phenoxy) is 1. The van der Waals surface area contributed by atoms with Crippen molar-refractivity contribution < 1.29 is 9.53 Å². The van der Waals surface area contributed by atoms with E-state index in [0.717, 1.165) is 28.9 Å². The zero-order chi connectivity index (χ0) is 19.1. The van der Waals surface area contributed by atoms with Gasteiger partial charge in [-0.15, -0.1) is 0 Å². The molecule has 2 aromatic carbocycles. The Balaban J connectivity index is 2.12. The number of amides is 1. The highest BCUT2D eigenvalue weighted by molar-refractivity contribution is 5.81. The molecule has 2 aromatic rings. The largest absolute Gasteiger partial charge is 0.481 e. The highest BCUT2D eigenvalue weighted by Crippen LogP contribution is 2.23. The highest BCUT2D eigenvalue weighted by atomic mass is 16.5. The van der Waals surface area contributed by atoms with E-state index in [-0.39, 0.29) is 11.9 Å². The van der Waals surface area contributed by atoms with Crippen molar-refractivity contribution in [1.82, 2.24) is 5.32 Å². The first-order valence-electron chi connectivity index (χ1n) is 9.49. The summed E-state index contributed by atoms with van der Waals surface area (Å²) in [6, 6.07) is 16.2. The summed E-state index contributed by atoms with van der Waals surface area (Å²) in [6.45, 7) is 10.4. The lowest BCUT2D eigenvalue weighted by atomic mass is 9.96. The topological polar surface area (TPSA) is 38.3 Å². The van der Waals surface area contributed by atoms with Gasteiger partial charge in [0.15, 0.2) is 6.10 Å². The van der Waals surface area contributed by atoms with Gasteiger partial charge in [0.2, 0.25) is 0 Å². The molecule has 3 heteroatoms. The average molecular weight is 354 g/mol. The van der Waals surface area contributed by atoms with E-state index in [9.17, 15) is 4.79 Å². The maximum absolute atomic E-state index is 12.9. The van der Waals surface area contributed by atoms with Gasteiger partial charge in [-0.3, -0.25) is 4.79 Å². The van der Waals surface area contributed by atoms with Crippen LogP contribution in [0.25, 0.3) is 0 Å². The molecule has 1 N–H and O–H groups in total. The smallest absolute Gasteiger partial charge is 0.261 e. The van der Waals surface area contributed by atoms with Crippen LogP contribution in [-0.2, 0) is 4.79 Å². The second kappa shape index (κ2) is 9.42. The predicted octanol–water partition coefficient (Wildman–Crippen LogP) is 5.36. The lowest BCUT2D eigenvalue weighted by molar-refractivity contribution is -0.129. The summed E-state index contributed by atoms with van der Waals surface area (Å²) in [7, 11) is 0. The zero-order valence-electron chi connectivity index (χ0n) is 16.6. The van der Waals surface area contributed by atoms with Crippen molar-refractivity contribution in [2.24, 2.45) is 5.92 Å². The highest BCUT2D eigenvalue weighted by Gasteiger charge is 2.23. The van der Waals surface area contributed by atoms with Crippen molar-refractivity contribution in [3.8, 4) is 5.75 Å². The Morgan fingerprint density at radius 2 is 1.65 bits per heavy atom. The third-order valence-electron chi connectivity index (χ3n) is 4.36. The third-order valence-corrected chi connectivity index (χ3v) is 4.36.